The van der Waals surface area contributed by atoms with E-state index in [0.29, 0.717) is 28.6 Å². The Morgan fingerprint density at radius 2 is 1.31 bits per heavy atom. The van der Waals surface area contributed by atoms with E-state index in [1.807, 2.05) is 85.8 Å². The number of halogens is 1. The topological polar surface area (TPSA) is 38.7 Å². The minimum atomic E-state index is -0.341. The van der Waals surface area contributed by atoms with Crippen molar-refractivity contribution in [2.24, 2.45) is 0 Å². The average molecular weight is 420 g/mol. The maximum Gasteiger partial charge on any atom is 0.164 e. The molecule has 4 rings (SSSR count). The minimum Gasteiger partial charge on any atom is -0.208 e. The molecule has 0 aliphatic heterocycles. The monoisotopic (exact) mass is 419 g/mol. The molecule has 0 bridgehead atoms. The van der Waals surface area contributed by atoms with E-state index in [9.17, 15) is 0 Å². The lowest BCUT2D eigenvalue weighted by Gasteiger charge is -2.13. The Morgan fingerprint density at radius 1 is 0.750 bits per heavy atom. The minimum absolute atomic E-state index is 0.341. The summed E-state index contributed by atoms with van der Waals surface area (Å²) in [5, 5.41) is 0. The van der Waals surface area contributed by atoms with Gasteiger partial charge in [-0.3, -0.25) is 0 Å². The molecule has 4 aromatic rings. The van der Waals surface area contributed by atoms with E-state index >= 15 is 4.39 Å². The van der Waals surface area contributed by atoms with E-state index in [2.05, 4.69) is 6.58 Å². The van der Waals surface area contributed by atoms with Crippen LogP contribution in [0.15, 0.2) is 110 Å². The Kier molecular flexibility index (Phi) is 6.42. The van der Waals surface area contributed by atoms with Gasteiger partial charge in [0.05, 0.1) is 0 Å². The van der Waals surface area contributed by atoms with Crippen LogP contribution in [0, 0.1) is 5.82 Å². The number of rotatable bonds is 6. The van der Waals surface area contributed by atoms with Gasteiger partial charge in [-0.2, -0.15) is 0 Å². The van der Waals surface area contributed by atoms with Crippen LogP contribution in [0.1, 0.15) is 12.5 Å². The van der Waals surface area contributed by atoms with Gasteiger partial charge in [-0.1, -0.05) is 104 Å². The van der Waals surface area contributed by atoms with Gasteiger partial charge in [0.15, 0.2) is 17.5 Å². The van der Waals surface area contributed by atoms with Gasteiger partial charge >= 0.3 is 0 Å². The molecule has 3 nitrogen and oxygen atoms in total. The first-order valence-electron chi connectivity index (χ1n) is 10.3. The molecule has 0 aliphatic carbocycles. The summed E-state index contributed by atoms with van der Waals surface area (Å²) < 4.78 is 15.1. The van der Waals surface area contributed by atoms with E-state index in [-0.39, 0.29) is 5.82 Å². The molecule has 1 heterocycles. The molecule has 0 amide bonds. The van der Waals surface area contributed by atoms with Gasteiger partial charge < -0.3 is 0 Å². The fraction of sp³-hybridized carbons (Fsp3) is 0.0357. The van der Waals surface area contributed by atoms with Gasteiger partial charge in [-0.15, -0.1) is 0 Å². The third-order valence-electron chi connectivity index (χ3n) is 4.97. The lowest BCUT2D eigenvalue weighted by Crippen LogP contribution is -2.02. The van der Waals surface area contributed by atoms with Crippen molar-refractivity contribution in [1.82, 2.24) is 15.0 Å². The zero-order chi connectivity index (χ0) is 22.3. The number of hydrogen-bond donors (Lipinski definition) is 0. The molecule has 32 heavy (non-hydrogen) atoms. The van der Waals surface area contributed by atoms with E-state index in [4.69, 9.17) is 15.0 Å². The summed E-state index contributed by atoms with van der Waals surface area (Å²) in [5.74, 6) is 1.15. The van der Waals surface area contributed by atoms with Crippen LogP contribution in [0.25, 0.3) is 39.7 Å². The summed E-state index contributed by atoms with van der Waals surface area (Å²) in [7, 11) is 0. The fourth-order valence-corrected chi connectivity index (χ4v) is 3.43. The van der Waals surface area contributed by atoms with Gasteiger partial charge in [0, 0.05) is 22.3 Å². The molecule has 0 unspecified atom stereocenters. The normalized spacial score (nSPS) is 11.6. The van der Waals surface area contributed by atoms with Crippen LogP contribution in [-0.4, -0.2) is 15.0 Å². The Labute approximate surface area is 187 Å². The third-order valence-corrected chi connectivity index (χ3v) is 4.97. The molecule has 0 radical (unpaired) electrons. The third kappa shape index (κ3) is 4.44. The highest BCUT2D eigenvalue weighted by Gasteiger charge is 2.18. The second kappa shape index (κ2) is 9.75. The number of nitrogens with zero attached hydrogens (tertiary/aromatic N) is 3. The van der Waals surface area contributed by atoms with Gasteiger partial charge in [-0.05, 0) is 18.6 Å². The molecular formula is C28H22FN3. The molecule has 1 aromatic heterocycles. The Hall–Kier alpha value is -4.18. The summed E-state index contributed by atoms with van der Waals surface area (Å²) in [4.78, 5) is 14.2. The highest BCUT2D eigenvalue weighted by Crippen LogP contribution is 2.32. The van der Waals surface area contributed by atoms with E-state index < -0.39 is 0 Å². The zero-order valence-electron chi connectivity index (χ0n) is 17.7. The highest BCUT2D eigenvalue weighted by atomic mass is 19.1. The zero-order valence-corrected chi connectivity index (χ0v) is 17.7. The summed E-state index contributed by atoms with van der Waals surface area (Å²) in [6, 6.07) is 24.4. The lowest BCUT2D eigenvalue weighted by atomic mass is 9.97. The number of allylic oxidation sites excluding steroid dienone is 5. The molecule has 0 fully saturated rings. The standard InChI is InChI=1S/C28H22FN3/c1-3-5-13-20(4-2)25-23(18-12-19-24(25)29)28-31-26(21-14-8-6-9-15-21)30-27(32-28)22-16-10-7-11-17-22/h3-19H,1H2,2H3/b13-5-,20-4+. The summed E-state index contributed by atoms with van der Waals surface area (Å²) in [6.07, 6.45) is 7.13. The summed E-state index contributed by atoms with van der Waals surface area (Å²) in [5.41, 5.74) is 3.50. The van der Waals surface area contributed by atoms with Gasteiger partial charge in [0.2, 0.25) is 0 Å². The van der Waals surface area contributed by atoms with Crippen LogP contribution in [0.5, 0.6) is 0 Å². The molecule has 3 aromatic carbocycles. The Bertz CT molecular complexity index is 1240. The quantitative estimate of drug-likeness (QED) is 0.311. The van der Waals surface area contributed by atoms with E-state index in [1.54, 1.807) is 18.2 Å². The molecule has 0 saturated heterocycles. The average Bonchev–Trinajstić information content (AvgIpc) is 2.86. The first kappa shape index (κ1) is 21.1. The van der Waals surface area contributed by atoms with Crippen molar-refractivity contribution in [2.75, 3.05) is 0 Å². The first-order chi connectivity index (χ1) is 15.7. The van der Waals surface area contributed by atoms with Crippen LogP contribution in [0.2, 0.25) is 0 Å². The SMILES string of the molecule is C=C/C=C\C(=C/C)c1c(F)cccc1-c1nc(-c2ccccc2)nc(-c2ccccc2)n1. The van der Waals surface area contributed by atoms with Crippen LogP contribution in [0.4, 0.5) is 4.39 Å². The number of hydrogen-bond acceptors (Lipinski definition) is 3. The van der Waals surface area contributed by atoms with Crippen LogP contribution in [-0.2, 0) is 0 Å². The van der Waals surface area contributed by atoms with Gasteiger partial charge in [-0.25, -0.2) is 19.3 Å². The summed E-state index contributed by atoms with van der Waals surface area (Å²) >= 11 is 0. The van der Waals surface area contributed by atoms with Crippen molar-refractivity contribution in [3.05, 3.63) is 121 Å². The van der Waals surface area contributed by atoms with Gasteiger partial charge in [0.1, 0.15) is 5.82 Å². The van der Waals surface area contributed by atoms with Crippen LogP contribution in [0.3, 0.4) is 0 Å². The second-order valence-corrected chi connectivity index (χ2v) is 7.04. The number of benzene rings is 3. The maximum atomic E-state index is 15.1. The molecule has 0 atom stereocenters. The molecular weight excluding hydrogens is 397 g/mol. The lowest BCUT2D eigenvalue weighted by molar-refractivity contribution is 0.624. The van der Waals surface area contributed by atoms with E-state index in [0.717, 1.165) is 16.7 Å². The van der Waals surface area contributed by atoms with Crippen molar-refractivity contribution in [2.45, 2.75) is 6.92 Å². The van der Waals surface area contributed by atoms with Crippen molar-refractivity contribution >= 4 is 5.57 Å². The van der Waals surface area contributed by atoms with E-state index in [1.165, 1.54) is 6.07 Å². The fourth-order valence-electron chi connectivity index (χ4n) is 3.43. The number of aromatic nitrogens is 3. The Morgan fingerprint density at radius 3 is 1.84 bits per heavy atom. The van der Waals surface area contributed by atoms with Crippen molar-refractivity contribution in [3.8, 4) is 34.2 Å². The van der Waals surface area contributed by atoms with Crippen molar-refractivity contribution in [3.63, 3.8) is 0 Å². The van der Waals surface area contributed by atoms with Crippen molar-refractivity contribution in [1.29, 1.82) is 0 Å². The molecule has 0 spiro atoms. The first-order valence-corrected chi connectivity index (χ1v) is 10.3. The van der Waals surface area contributed by atoms with Crippen molar-refractivity contribution < 1.29 is 4.39 Å². The van der Waals surface area contributed by atoms with Gasteiger partial charge in [0.25, 0.3) is 0 Å². The van der Waals surface area contributed by atoms with Crippen LogP contribution >= 0.6 is 0 Å². The predicted octanol–water partition coefficient (Wildman–Crippen LogP) is 7.16. The smallest absolute Gasteiger partial charge is 0.164 e. The molecule has 0 aliphatic rings. The largest absolute Gasteiger partial charge is 0.208 e. The second-order valence-electron chi connectivity index (χ2n) is 7.04. The highest BCUT2D eigenvalue weighted by molar-refractivity contribution is 5.84. The molecule has 0 N–H and O–H groups in total. The predicted molar refractivity (Wildman–Crippen MR) is 129 cm³/mol. The molecule has 156 valence electrons. The maximum absolute atomic E-state index is 15.1. The molecule has 4 heteroatoms. The summed E-state index contributed by atoms with van der Waals surface area (Å²) in [6.45, 7) is 5.59. The van der Waals surface area contributed by atoms with Crippen LogP contribution < -0.4 is 0 Å². The Balaban J connectivity index is 1.98. The molecule has 0 saturated carbocycles.